The van der Waals surface area contributed by atoms with Gasteiger partial charge >= 0.3 is 41.5 Å². The third kappa shape index (κ3) is 8.11. The van der Waals surface area contributed by atoms with Gasteiger partial charge in [0.2, 0.25) is 0 Å². The van der Waals surface area contributed by atoms with Crippen LogP contribution in [0.4, 0.5) is 5.69 Å². The Balaban J connectivity index is 0.00000484. The number of carbonyl (C=O) groups is 2. The number of anilines is 1. The van der Waals surface area contributed by atoms with Gasteiger partial charge in [0, 0.05) is 18.7 Å². The molecule has 0 spiro atoms. The number of nitrogens with zero attached hydrogens (tertiary/aromatic N) is 1. The topological polar surface area (TPSA) is 77.8 Å². The molecule has 0 aliphatic rings. The first-order valence-corrected chi connectivity index (χ1v) is 8.00. The van der Waals surface area contributed by atoms with E-state index >= 15 is 0 Å². The molecule has 7 heteroatoms. The number of hydrogen-bond acceptors (Lipinski definition) is 4. The van der Waals surface area contributed by atoms with Crippen molar-refractivity contribution in [1.29, 1.82) is 0 Å². The van der Waals surface area contributed by atoms with Crippen LogP contribution >= 0.6 is 12.6 Å². The van der Waals surface area contributed by atoms with Crippen LogP contribution in [0.5, 0.6) is 0 Å². The second kappa shape index (κ2) is 11.8. The van der Waals surface area contributed by atoms with Gasteiger partial charge < -0.3 is 15.1 Å². The average molecular weight is 349 g/mol. The summed E-state index contributed by atoms with van der Waals surface area (Å²) in [7, 11) is 0. The SMILES string of the molecule is C[C@@H](C(=O)O)N(CCCCS)c1ccc(CCC(=O)O)cc1.[NaH]. The molecular weight excluding hydrogens is 325 g/mol. The molecule has 0 amide bonds. The van der Waals surface area contributed by atoms with Gasteiger partial charge in [-0.05, 0) is 49.6 Å². The molecule has 1 atom stereocenters. The summed E-state index contributed by atoms with van der Waals surface area (Å²) in [5, 5.41) is 17.9. The van der Waals surface area contributed by atoms with Gasteiger partial charge in [-0.1, -0.05) is 12.1 Å². The standard InChI is InChI=1S/C16H23NO4S.Na.H/c1-12(16(20)21)17(10-2-3-11-22)14-7-4-13(5-8-14)6-9-15(18)19;;/h4-5,7-8,12,22H,2-3,6,9-11H2,1H3,(H,18,19)(H,20,21);;/t12-;;/m0../s1. The molecule has 0 fully saturated rings. The molecular formula is C16H24NNaO4S. The zero-order valence-electron chi connectivity index (χ0n) is 12.7. The molecule has 0 aromatic heterocycles. The van der Waals surface area contributed by atoms with Crippen LogP contribution in [0.25, 0.3) is 0 Å². The van der Waals surface area contributed by atoms with Gasteiger partial charge in [0.05, 0.1) is 0 Å². The molecule has 0 saturated heterocycles. The molecule has 0 bridgehead atoms. The summed E-state index contributed by atoms with van der Waals surface area (Å²) in [6, 6.07) is 6.83. The molecule has 0 aliphatic heterocycles. The second-order valence-electron chi connectivity index (χ2n) is 5.20. The van der Waals surface area contributed by atoms with Crippen molar-refractivity contribution in [3.8, 4) is 0 Å². The number of rotatable bonds is 10. The molecule has 23 heavy (non-hydrogen) atoms. The molecule has 5 nitrogen and oxygen atoms in total. The number of carboxylic acids is 2. The summed E-state index contributed by atoms with van der Waals surface area (Å²) in [4.78, 5) is 23.7. The van der Waals surface area contributed by atoms with E-state index in [-0.39, 0.29) is 36.0 Å². The third-order valence-electron chi connectivity index (χ3n) is 3.53. The van der Waals surface area contributed by atoms with Crippen molar-refractivity contribution in [2.45, 2.75) is 38.6 Å². The van der Waals surface area contributed by atoms with Crippen LogP contribution in [0.2, 0.25) is 0 Å². The predicted molar refractivity (Wildman–Crippen MR) is 97.1 cm³/mol. The summed E-state index contributed by atoms with van der Waals surface area (Å²) in [5.41, 5.74) is 1.78. The minimum absolute atomic E-state index is 0. The Hall–Kier alpha value is -0.690. The van der Waals surface area contributed by atoms with Crippen LogP contribution in [0.3, 0.4) is 0 Å². The molecule has 0 saturated carbocycles. The molecule has 0 radical (unpaired) electrons. The molecule has 0 aliphatic carbocycles. The average Bonchev–Trinajstić information content (AvgIpc) is 2.49. The Morgan fingerprint density at radius 1 is 1.17 bits per heavy atom. The first-order valence-electron chi connectivity index (χ1n) is 7.36. The van der Waals surface area contributed by atoms with E-state index in [9.17, 15) is 14.7 Å². The number of unbranched alkanes of at least 4 members (excludes halogenated alkanes) is 1. The Morgan fingerprint density at radius 2 is 1.78 bits per heavy atom. The summed E-state index contributed by atoms with van der Waals surface area (Å²) in [6.45, 7) is 2.32. The van der Waals surface area contributed by atoms with E-state index in [1.165, 1.54) is 0 Å². The van der Waals surface area contributed by atoms with Crippen LogP contribution in [-0.2, 0) is 16.0 Å². The number of thiol groups is 1. The maximum absolute atomic E-state index is 11.3. The van der Waals surface area contributed by atoms with Crippen molar-refractivity contribution in [3.05, 3.63) is 29.8 Å². The van der Waals surface area contributed by atoms with Crippen molar-refractivity contribution >= 4 is 59.8 Å². The van der Waals surface area contributed by atoms with Crippen LogP contribution < -0.4 is 4.90 Å². The minimum atomic E-state index is -0.860. The Bertz CT molecular complexity index is 495. The van der Waals surface area contributed by atoms with Crippen LogP contribution in [-0.4, -0.2) is 70.0 Å². The quantitative estimate of drug-likeness (QED) is 0.342. The summed E-state index contributed by atoms with van der Waals surface area (Å²) >= 11 is 4.17. The van der Waals surface area contributed by atoms with Crippen LogP contribution in [0.1, 0.15) is 31.7 Å². The van der Waals surface area contributed by atoms with Gasteiger partial charge in [-0.3, -0.25) is 4.79 Å². The second-order valence-corrected chi connectivity index (χ2v) is 5.65. The first-order chi connectivity index (χ1) is 10.5. The number of aryl methyl sites for hydroxylation is 1. The summed E-state index contributed by atoms with van der Waals surface area (Å²) in [6.07, 6.45) is 2.38. The number of carboxylic acid groups (broad SMARTS) is 2. The molecule has 1 rings (SSSR count). The fraction of sp³-hybridized carbons (Fsp3) is 0.500. The van der Waals surface area contributed by atoms with E-state index in [2.05, 4.69) is 12.6 Å². The van der Waals surface area contributed by atoms with E-state index in [1.807, 2.05) is 29.2 Å². The van der Waals surface area contributed by atoms with Crippen molar-refractivity contribution in [2.75, 3.05) is 17.2 Å². The summed E-state index contributed by atoms with van der Waals surface area (Å²) in [5.74, 6) is -0.901. The molecule has 0 heterocycles. The Kier molecular flexibility index (Phi) is 11.4. The van der Waals surface area contributed by atoms with E-state index in [4.69, 9.17) is 5.11 Å². The fourth-order valence-electron chi connectivity index (χ4n) is 2.18. The van der Waals surface area contributed by atoms with Gasteiger partial charge in [0.1, 0.15) is 6.04 Å². The van der Waals surface area contributed by atoms with Gasteiger partial charge in [-0.2, -0.15) is 12.6 Å². The maximum atomic E-state index is 11.3. The first kappa shape index (κ1) is 22.3. The molecule has 0 unspecified atom stereocenters. The van der Waals surface area contributed by atoms with Crippen LogP contribution in [0, 0.1) is 0 Å². The Morgan fingerprint density at radius 3 is 2.26 bits per heavy atom. The fourth-order valence-corrected chi connectivity index (χ4v) is 2.40. The van der Waals surface area contributed by atoms with Crippen LogP contribution in [0.15, 0.2) is 24.3 Å². The molecule has 124 valence electrons. The molecule has 1 aromatic rings. The zero-order chi connectivity index (χ0) is 16.5. The van der Waals surface area contributed by atoms with E-state index in [1.54, 1.807) is 6.92 Å². The van der Waals surface area contributed by atoms with Crippen molar-refractivity contribution < 1.29 is 19.8 Å². The van der Waals surface area contributed by atoms with Gasteiger partial charge in [-0.15, -0.1) is 0 Å². The normalized spacial score (nSPS) is 11.4. The van der Waals surface area contributed by atoms with Gasteiger partial charge in [-0.25, -0.2) is 4.79 Å². The summed E-state index contributed by atoms with van der Waals surface area (Å²) < 4.78 is 0. The number of aliphatic carboxylic acids is 2. The zero-order valence-corrected chi connectivity index (χ0v) is 13.6. The van der Waals surface area contributed by atoms with E-state index < -0.39 is 18.0 Å². The van der Waals surface area contributed by atoms with Crippen molar-refractivity contribution in [2.24, 2.45) is 0 Å². The molecule has 1 aromatic carbocycles. The Labute approximate surface area is 164 Å². The third-order valence-corrected chi connectivity index (χ3v) is 3.84. The number of benzene rings is 1. The monoisotopic (exact) mass is 349 g/mol. The van der Waals surface area contributed by atoms with Crippen molar-refractivity contribution in [3.63, 3.8) is 0 Å². The molecule has 2 N–H and O–H groups in total. The predicted octanol–water partition coefficient (Wildman–Crippen LogP) is 2.04. The van der Waals surface area contributed by atoms with E-state index in [0.717, 1.165) is 29.8 Å². The number of hydrogen-bond donors (Lipinski definition) is 3. The van der Waals surface area contributed by atoms with Gasteiger partial charge in [0.15, 0.2) is 0 Å². The van der Waals surface area contributed by atoms with Gasteiger partial charge in [0.25, 0.3) is 0 Å². The van der Waals surface area contributed by atoms with E-state index in [0.29, 0.717) is 13.0 Å². The van der Waals surface area contributed by atoms with Crippen molar-refractivity contribution in [1.82, 2.24) is 0 Å².